The highest BCUT2D eigenvalue weighted by molar-refractivity contribution is 7.45. The number of hydrogen-bond acceptors (Lipinski definition) is 8. The van der Waals surface area contributed by atoms with E-state index in [1.807, 2.05) is 0 Å². The Morgan fingerprint density at radius 1 is 0.400 bits per heavy atom. The molecule has 2 atom stereocenters. The van der Waals surface area contributed by atoms with Crippen LogP contribution in [0.1, 0.15) is 141 Å². The number of quaternary nitrogens is 1. The van der Waals surface area contributed by atoms with E-state index in [-0.39, 0.29) is 64.5 Å². The maximum absolute atomic E-state index is 14.0. The molecule has 0 aliphatic heterocycles. The first-order valence-corrected chi connectivity index (χ1v) is 25.9. The van der Waals surface area contributed by atoms with Crippen molar-refractivity contribution >= 4 is 19.8 Å². The molecule has 0 spiro atoms. The van der Waals surface area contributed by atoms with Gasteiger partial charge in [-0.05, 0) is 25.7 Å². The molecule has 478 valence electrons. The highest BCUT2D eigenvalue weighted by Gasteiger charge is 2.92. The van der Waals surface area contributed by atoms with E-state index in [2.05, 4.69) is 0 Å². The fourth-order valence-electron chi connectivity index (χ4n) is 6.88. The maximum atomic E-state index is 14.0. The third-order valence-corrected chi connectivity index (χ3v) is 12.9. The lowest BCUT2D eigenvalue weighted by molar-refractivity contribution is -0.870. The van der Waals surface area contributed by atoms with Crippen LogP contribution in [0.2, 0.25) is 0 Å². The number of nitrogens with zero attached hydrogens (tertiary/aromatic N) is 1. The van der Waals surface area contributed by atoms with Gasteiger partial charge in [0.1, 0.15) is 19.8 Å². The second-order valence-electron chi connectivity index (χ2n) is 19.7. The van der Waals surface area contributed by atoms with Gasteiger partial charge in [-0.1, -0.05) is 89.9 Å². The number of carbonyl (C=O) groups excluding carboxylic acids is 2. The third kappa shape index (κ3) is 21.1. The zero-order valence-corrected chi connectivity index (χ0v) is 43.8. The molecule has 0 aromatic heterocycles. The lowest BCUT2D eigenvalue weighted by Crippen LogP contribution is -2.70. The fourth-order valence-corrected chi connectivity index (χ4v) is 7.61. The maximum Gasteiger partial charge on any atom is 0.460 e. The summed E-state index contributed by atoms with van der Waals surface area (Å²) in [6.07, 6.45) is -20.7. The van der Waals surface area contributed by atoms with Crippen LogP contribution in [0.15, 0.2) is 0 Å². The molecule has 0 aliphatic rings. The van der Waals surface area contributed by atoms with Crippen molar-refractivity contribution in [3.05, 3.63) is 0 Å². The molecule has 0 fully saturated rings. The first-order valence-electron chi connectivity index (χ1n) is 24.5. The Kier molecular flexibility index (Phi) is 28.8. The number of esters is 2. The largest absolute Gasteiger partial charge is 0.756 e. The molecule has 0 N–H and O–H groups in total. The molecule has 0 saturated carbocycles. The minimum atomic E-state index is -7.97. The van der Waals surface area contributed by atoms with Gasteiger partial charge in [-0.15, -0.1) is 0 Å². The average molecular weight is 1260 g/mol. The molecule has 80 heavy (non-hydrogen) atoms. The van der Waals surface area contributed by atoms with Crippen molar-refractivity contribution in [2.24, 2.45) is 0 Å². The zero-order valence-electron chi connectivity index (χ0n) is 42.9. The van der Waals surface area contributed by atoms with Crippen LogP contribution >= 0.6 is 7.82 Å². The van der Waals surface area contributed by atoms with E-state index >= 15 is 0 Å². The normalized spacial score (nSPS) is 15.7. The van der Waals surface area contributed by atoms with Gasteiger partial charge >= 0.3 is 83.5 Å². The van der Waals surface area contributed by atoms with E-state index in [0.717, 1.165) is 0 Å². The Hall–Kier alpha value is -2.81. The second kappa shape index (κ2) is 29.8. The van der Waals surface area contributed by atoms with Crippen molar-refractivity contribution in [3.63, 3.8) is 0 Å². The molecule has 36 heteroatoms. The zero-order chi connectivity index (χ0) is 62.9. The van der Waals surface area contributed by atoms with E-state index in [4.69, 9.17) is 18.5 Å². The standard InChI is InChI=1S/C44H62F26NO8P/c1-71(2,3)26-27-77-80(74,75)78-29-30(79-32(73)23-19-15-11-7-5-9-13-17-21-25-34(47,48)36(51,52)38(55,56)40(59,60)42(63,64)44(68,69)70)28-76-31(72)22-18-14-10-6-4-8-12-16-20-24-33(45,46)35(49,50)37(53,54)39(57,58)41(61,62)43(65,66)67/h30H,4-29H2,1-3H3/t30-/m1/s1. The first kappa shape index (κ1) is 77.2. The number of unbranched alkanes of at least 4 members (excludes halogenated alkanes) is 16. The Morgan fingerprint density at radius 3 is 1.00 bits per heavy atom. The quantitative estimate of drug-likeness (QED) is 0.0195. The molecule has 0 heterocycles. The summed E-state index contributed by atoms with van der Waals surface area (Å²) in [6, 6.07) is 0. The van der Waals surface area contributed by atoms with E-state index in [1.54, 1.807) is 21.1 Å². The van der Waals surface area contributed by atoms with Crippen molar-refractivity contribution in [3.8, 4) is 0 Å². The van der Waals surface area contributed by atoms with Crippen molar-refractivity contribution in [1.82, 2.24) is 0 Å². The summed E-state index contributed by atoms with van der Waals surface area (Å²) in [6.45, 7) is -1.68. The minimum Gasteiger partial charge on any atom is -0.756 e. The predicted molar refractivity (Wildman–Crippen MR) is 226 cm³/mol. The summed E-state index contributed by atoms with van der Waals surface area (Å²) < 4.78 is 378. The van der Waals surface area contributed by atoms with Gasteiger partial charge in [-0.25, -0.2) is 0 Å². The molecule has 0 bridgehead atoms. The molecule has 0 saturated heterocycles. The van der Waals surface area contributed by atoms with Crippen LogP contribution in [-0.2, 0) is 32.7 Å². The molecule has 0 amide bonds. The summed E-state index contributed by atoms with van der Waals surface area (Å²) in [5.74, 6) is -76.0. The Labute approximate surface area is 442 Å². The number of phosphoric acid groups is 1. The summed E-state index contributed by atoms with van der Waals surface area (Å²) in [4.78, 5) is 37.4. The van der Waals surface area contributed by atoms with Gasteiger partial charge in [0.25, 0.3) is 7.82 Å². The number of rotatable bonds is 42. The van der Waals surface area contributed by atoms with E-state index < -0.39 is 149 Å². The highest BCUT2D eigenvalue weighted by atomic mass is 31.2. The number of carbonyl (C=O) groups is 2. The number of likely N-dealkylation sites (N-methyl/N-ethyl adjacent to an activating group) is 1. The highest BCUT2D eigenvalue weighted by Crippen LogP contribution is 2.62. The number of hydrogen-bond donors (Lipinski definition) is 0. The first-order chi connectivity index (χ1) is 35.8. The number of alkyl halides is 26. The minimum absolute atomic E-state index is 0.0194. The van der Waals surface area contributed by atoms with Crippen LogP contribution < -0.4 is 4.89 Å². The number of halogens is 26. The van der Waals surface area contributed by atoms with Crippen LogP contribution in [-0.4, -0.2) is 142 Å². The molecule has 0 aliphatic carbocycles. The van der Waals surface area contributed by atoms with Gasteiger partial charge in [0.05, 0.1) is 27.7 Å². The van der Waals surface area contributed by atoms with E-state index in [0.29, 0.717) is 55.8 Å². The summed E-state index contributed by atoms with van der Waals surface area (Å²) in [5, 5.41) is 0. The molecule has 1 unspecified atom stereocenters. The Morgan fingerprint density at radius 2 is 0.688 bits per heavy atom. The number of phosphoric ester groups is 1. The topological polar surface area (TPSA) is 111 Å². The third-order valence-electron chi connectivity index (χ3n) is 11.9. The molecule has 9 nitrogen and oxygen atoms in total. The summed E-state index contributed by atoms with van der Waals surface area (Å²) in [5.41, 5.74) is 0. The van der Waals surface area contributed by atoms with Crippen LogP contribution in [0.3, 0.4) is 0 Å². The van der Waals surface area contributed by atoms with Crippen LogP contribution in [0.4, 0.5) is 114 Å². The predicted octanol–water partition coefficient (Wildman–Crippen LogP) is 15.7. The average Bonchev–Trinajstić information content (AvgIpc) is 3.28. The van der Waals surface area contributed by atoms with Gasteiger partial charge in [0.15, 0.2) is 6.10 Å². The van der Waals surface area contributed by atoms with Crippen LogP contribution in [0, 0.1) is 0 Å². The number of ether oxygens (including phenoxy) is 2. The van der Waals surface area contributed by atoms with E-state index in [1.165, 1.54) is 0 Å². The van der Waals surface area contributed by atoms with Crippen molar-refractivity contribution < 1.29 is 156 Å². The van der Waals surface area contributed by atoms with Crippen LogP contribution in [0.5, 0.6) is 0 Å². The van der Waals surface area contributed by atoms with Gasteiger partial charge in [-0.3, -0.25) is 14.2 Å². The lowest BCUT2D eigenvalue weighted by Gasteiger charge is -2.39. The Balaban J connectivity index is 4.92. The van der Waals surface area contributed by atoms with Gasteiger partial charge in [0, 0.05) is 25.7 Å². The van der Waals surface area contributed by atoms with Crippen molar-refractivity contribution in [1.29, 1.82) is 0 Å². The molecular formula is C44H62F26NO8P. The summed E-state index contributed by atoms with van der Waals surface area (Å²) >= 11 is 0. The van der Waals surface area contributed by atoms with Gasteiger partial charge < -0.3 is 27.9 Å². The monoisotopic (exact) mass is 1260 g/mol. The van der Waals surface area contributed by atoms with Gasteiger partial charge in [0.2, 0.25) is 0 Å². The molecule has 0 aromatic carbocycles. The molecule has 0 rings (SSSR count). The van der Waals surface area contributed by atoms with E-state index in [9.17, 15) is 133 Å². The molecular weight excluding hydrogens is 1200 g/mol. The van der Waals surface area contributed by atoms with Crippen molar-refractivity contribution in [2.75, 3.05) is 47.5 Å². The second-order valence-corrected chi connectivity index (χ2v) is 21.2. The lowest BCUT2D eigenvalue weighted by atomic mass is 9.91. The van der Waals surface area contributed by atoms with Crippen LogP contribution in [0.25, 0.3) is 0 Å². The Bertz CT molecular complexity index is 1910. The van der Waals surface area contributed by atoms with Crippen molar-refractivity contribution in [2.45, 2.75) is 219 Å². The van der Waals surface area contributed by atoms with Gasteiger partial charge in [-0.2, -0.15) is 114 Å². The fraction of sp³-hybridized carbons (Fsp3) is 0.955. The molecule has 0 aromatic rings. The summed E-state index contributed by atoms with van der Waals surface area (Å²) in [7, 11) is 0.178. The SMILES string of the molecule is C[N+](C)(C)CCOP(=O)([O-])OC[C@@H](COC(=O)CCCCCCCCCCCC(F)(F)C(F)(F)C(F)(F)C(F)(F)C(F)(F)C(F)(F)F)OC(=O)CCCCCCCCCCCC(F)(F)C(F)(F)C(F)(F)C(F)(F)C(F)(F)C(F)(F)F. The molecule has 0 radical (unpaired) electrons. The smallest absolute Gasteiger partial charge is 0.460 e.